The summed E-state index contributed by atoms with van der Waals surface area (Å²) in [5, 5.41) is 3.23. The molecule has 1 aromatic carbocycles. The first-order chi connectivity index (χ1) is 9.93. The van der Waals surface area contributed by atoms with Crippen LogP contribution in [0.4, 0.5) is 10.1 Å². The number of hydrogen-bond acceptors (Lipinski definition) is 3. The maximum atomic E-state index is 14.0. The van der Waals surface area contributed by atoms with E-state index >= 15 is 0 Å². The van der Waals surface area contributed by atoms with Crippen LogP contribution in [0.25, 0.3) is 0 Å². The van der Waals surface area contributed by atoms with Crippen molar-refractivity contribution >= 4 is 5.69 Å². The van der Waals surface area contributed by atoms with E-state index < -0.39 is 0 Å². The summed E-state index contributed by atoms with van der Waals surface area (Å²) in [6.07, 6.45) is 2.33. The van der Waals surface area contributed by atoms with Crippen LogP contribution in [0.2, 0.25) is 0 Å². The topological polar surface area (TPSA) is 18.5 Å². The maximum absolute atomic E-state index is 14.0. The van der Waals surface area contributed by atoms with E-state index in [1.54, 1.807) is 6.07 Å². The summed E-state index contributed by atoms with van der Waals surface area (Å²) >= 11 is 0. The molecule has 0 saturated carbocycles. The van der Waals surface area contributed by atoms with Gasteiger partial charge in [0.2, 0.25) is 0 Å². The van der Waals surface area contributed by atoms with Crippen LogP contribution in [0, 0.1) is 12.7 Å². The van der Waals surface area contributed by atoms with Crippen LogP contribution >= 0.6 is 0 Å². The molecule has 1 N–H and O–H groups in total. The molecule has 0 bridgehead atoms. The molecular formula is C17H28FN3. The van der Waals surface area contributed by atoms with Gasteiger partial charge in [0.25, 0.3) is 0 Å². The van der Waals surface area contributed by atoms with Gasteiger partial charge in [-0.2, -0.15) is 0 Å². The van der Waals surface area contributed by atoms with E-state index in [4.69, 9.17) is 0 Å². The summed E-state index contributed by atoms with van der Waals surface area (Å²) in [5.41, 5.74) is 2.92. The van der Waals surface area contributed by atoms with Crippen LogP contribution < -0.4 is 10.2 Å². The monoisotopic (exact) mass is 293 g/mol. The van der Waals surface area contributed by atoms with Crippen LogP contribution in [-0.4, -0.2) is 45.2 Å². The summed E-state index contributed by atoms with van der Waals surface area (Å²) in [6, 6.07) is 4.37. The van der Waals surface area contributed by atoms with Crippen molar-refractivity contribution in [2.24, 2.45) is 0 Å². The summed E-state index contributed by atoms with van der Waals surface area (Å²) in [5.74, 6) is -0.118. The number of anilines is 1. The van der Waals surface area contributed by atoms with Crippen molar-refractivity contribution in [1.82, 2.24) is 10.2 Å². The standard InChI is InChI=1S/C17H28FN3/c1-12-10-17(15(11-16(12)18)13(2)19-3)21(5)14-6-8-20(4)9-7-14/h10-11,13-14,19H,6-9H2,1-5H3. The number of nitrogens with one attached hydrogen (secondary N) is 1. The highest BCUT2D eigenvalue weighted by Crippen LogP contribution is 2.31. The van der Waals surface area contributed by atoms with Gasteiger partial charge in [0.1, 0.15) is 5.82 Å². The number of piperidine rings is 1. The lowest BCUT2D eigenvalue weighted by Crippen LogP contribution is -2.42. The first-order valence-electron chi connectivity index (χ1n) is 7.82. The zero-order valence-electron chi connectivity index (χ0n) is 13.9. The minimum atomic E-state index is -0.118. The average Bonchev–Trinajstić information content (AvgIpc) is 2.48. The highest BCUT2D eigenvalue weighted by molar-refractivity contribution is 5.57. The molecule has 1 aliphatic heterocycles. The molecule has 3 nitrogen and oxygen atoms in total. The van der Waals surface area contributed by atoms with Crippen LogP contribution in [0.3, 0.4) is 0 Å². The minimum absolute atomic E-state index is 0.118. The molecule has 1 aliphatic rings. The van der Waals surface area contributed by atoms with Gasteiger partial charge in [-0.15, -0.1) is 0 Å². The Morgan fingerprint density at radius 2 is 1.95 bits per heavy atom. The van der Waals surface area contributed by atoms with Crippen molar-refractivity contribution in [2.45, 2.75) is 38.8 Å². The lowest BCUT2D eigenvalue weighted by Gasteiger charge is -2.38. The second-order valence-corrected chi connectivity index (χ2v) is 6.32. The SMILES string of the molecule is CNC(C)c1cc(F)c(C)cc1N(C)C1CCN(C)CC1. The molecule has 2 rings (SSSR count). The van der Waals surface area contributed by atoms with E-state index in [0.717, 1.165) is 42.7 Å². The second-order valence-electron chi connectivity index (χ2n) is 6.32. The van der Waals surface area contributed by atoms with Crippen molar-refractivity contribution in [3.8, 4) is 0 Å². The molecule has 1 atom stereocenters. The largest absolute Gasteiger partial charge is 0.371 e. The molecular weight excluding hydrogens is 265 g/mol. The van der Waals surface area contributed by atoms with Crippen molar-refractivity contribution in [2.75, 3.05) is 39.1 Å². The van der Waals surface area contributed by atoms with Gasteiger partial charge in [-0.3, -0.25) is 0 Å². The van der Waals surface area contributed by atoms with E-state index in [-0.39, 0.29) is 11.9 Å². The summed E-state index contributed by atoms with van der Waals surface area (Å²) in [6.45, 7) is 6.18. The summed E-state index contributed by atoms with van der Waals surface area (Å²) in [4.78, 5) is 4.72. The molecule has 0 radical (unpaired) electrons. The lowest BCUT2D eigenvalue weighted by molar-refractivity contribution is 0.252. The molecule has 1 unspecified atom stereocenters. The minimum Gasteiger partial charge on any atom is -0.371 e. The quantitative estimate of drug-likeness (QED) is 0.921. The molecule has 118 valence electrons. The van der Waals surface area contributed by atoms with E-state index in [1.807, 2.05) is 20.0 Å². The maximum Gasteiger partial charge on any atom is 0.126 e. The van der Waals surface area contributed by atoms with Gasteiger partial charge in [-0.05, 0) is 77.1 Å². The number of nitrogens with zero attached hydrogens (tertiary/aromatic N) is 2. The van der Waals surface area contributed by atoms with Crippen LogP contribution in [-0.2, 0) is 0 Å². The molecule has 1 heterocycles. The highest BCUT2D eigenvalue weighted by atomic mass is 19.1. The Hall–Kier alpha value is -1.13. The Balaban J connectivity index is 2.30. The van der Waals surface area contributed by atoms with Gasteiger partial charge < -0.3 is 15.1 Å². The van der Waals surface area contributed by atoms with E-state index in [0.29, 0.717) is 6.04 Å². The van der Waals surface area contributed by atoms with Crippen LogP contribution in [0.15, 0.2) is 12.1 Å². The number of hydrogen-bond donors (Lipinski definition) is 1. The predicted octanol–water partition coefficient (Wildman–Crippen LogP) is 2.94. The van der Waals surface area contributed by atoms with E-state index in [9.17, 15) is 4.39 Å². The van der Waals surface area contributed by atoms with E-state index in [2.05, 4.69) is 36.1 Å². The zero-order chi connectivity index (χ0) is 15.6. The third-order valence-corrected chi connectivity index (χ3v) is 4.82. The molecule has 21 heavy (non-hydrogen) atoms. The Morgan fingerprint density at radius 1 is 1.33 bits per heavy atom. The first kappa shape index (κ1) is 16.2. The van der Waals surface area contributed by atoms with Gasteiger partial charge in [-0.25, -0.2) is 4.39 Å². The number of benzene rings is 1. The summed E-state index contributed by atoms with van der Waals surface area (Å²) in [7, 11) is 6.24. The fourth-order valence-electron chi connectivity index (χ4n) is 3.07. The first-order valence-corrected chi connectivity index (χ1v) is 7.82. The van der Waals surface area contributed by atoms with Crippen molar-refractivity contribution in [3.05, 3.63) is 29.1 Å². The zero-order valence-corrected chi connectivity index (χ0v) is 13.9. The molecule has 4 heteroatoms. The van der Waals surface area contributed by atoms with E-state index in [1.165, 1.54) is 0 Å². The van der Waals surface area contributed by atoms with Crippen molar-refractivity contribution in [3.63, 3.8) is 0 Å². The molecule has 0 amide bonds. The number of rotatable bonds is 4. The van der Waals surface area contributed by atoms with Gasteiger partial charge in [0.05, 0.1) is 0 Å². The van der Waals surface area contributed by atoms with Gasteiger partial charge in [0, 0.05) is 24.8 Å². The molecule has 1 aromatic rings. The molecule has 1 fully saturated rings. The number of halogens is 1. The van der Waals surface area contributed by atoms with Gasteiger partial charge in [-0.1, -0.05) is 0 Å². The van der Waals surface area contributed by atoms with Crippen molar-refractivity contribution in [1.29, 1.82) is 0 Å². The molecule has 0 aromatic heterocycles. The Labute approximate surface area is 128 Å². The molecule has 1 saturated heterocycles. The predicted molar refractivity (Wildman–Crippen MR) is 87.5 cm³/mol. The van der Waals surface area contributed by atoms with Gasteiger partial charge >= 0.3 is 0 Å². The second kappa shape index (κ2) is 6.75. The third-order valence-electron chi connectivity index (χ3n) is 4.82. The normalized spacial score (nSPS) is 18.8. The smallest absolute Gasteiger partial charge is 0.126 e. The molecule has 0 spiro atoms. The number of aryl methyl sites for hydroxylation is 1. The molecule has 0 aliphatic carbocycles. The third kappa shape index (κ3) is 3.55. The average molecular weight is 293 g/mol. The fraction of sp³-hybridized carbons (Fsp3) is 0.647. The van der Waals surface area contributed by atoms with Crippen LogP contribution in [0.1, 0.15) is 36.9 Å². The van der Waals surface area contributed by atoms with Crippen LogP contribution in [0.5, 0.6) is 0 Å². The lowest BCUT2D eigenvalue weighted by atomic mass is 9.98. The fourth-order valence-corrected chi connectivity index (χ4v) is 3.07. The van der Waals surface area contributed by atoms with Crippen molar-refractivity contribution < 1.29 is 4.39 Å². The Morgan fingerprint density at radius 3 is 2.52 bits per heavy atom. The highest BCUT2D eigenvalue weighted by Gasteiger charge is 2.24. The summed E-state index contributed by atoms with van der Waals surface area (Å²) < 4.78 is 14.0. The van der Waals surface area contributed by atoms with Gasteiger partial charge in [0.15, 0.2) is 0 Å². The Bertz CT molecular complexity index is 481. The number of likely N-dealkylation sites (tertiary alicyclic amines) is 1. The Kier molecular flexibility index (Phi) is 5.22.